The van der Waals surface area contributed by atoms with Gasteiger partial charge < -0.3 is 10.6 Å². The van der Waals surface area contributed by atoms with E-state index in [0.29, 0.717) is 6.54 Å². The molecule has 104 valence electrons. The van der Waals surface area contributed by atoms with Gasteiger partial charge in [0, 0.05) is 25.5 Å². The van der Waals surface area contributed by atoms with Crippen LogP contribution in [0.25, 0.3) is 0 Å². The minimum absolute atomic E-state index is 0.190. The molecule has 0 saturated carbocycles. The van der Waals surface area contributed by atoms with Crippen LogP contribution in [0.15, 0.2) is 18.5 Å². The normalized spacial score (nSPS) is 22.4. The van der Waals surface area contributed by atoms with Crippen molar-refractivity contribution in [2.24, 2.45) is 5.41 Å². The molecule has 1 fully saturated rings. The summed E-state index contributed by atoms with van der Waals surface area (Å²) in [7, 11) is 0. The summed E-state index contributed by atoms with van der Waals surface area (Å²) in [6.45, 7) is 6.51. The fourth-order valence-corrected chi connectivity index (χ4v) is 2.81. The van der Waals surface area contributed by atoms with Crippen LogP contribution in [0.1, 0.15) is 37.3 Å². The first kappa shape index (κ1) is 14.0. The Balaban J connectivity index is 1.98. The first-order valence-electron chi connectivity index (χ1n) is 7.06. The third-order valence-corrected chi connectivity index (χ3v) is 4.03. The summed E-state index contributed by atoms with van der Waals surface area (Å²) in [6.07, 6.45) is 6.56. The molecule has 0 aliphatic carbocycles. The fourth-order valence-electron chi connectivity index (χ4n) is 2.81. The Labute approximate surface area is 115 Å². The summed E-state index contributed by atoms with van der Waals surface area (Å²) < 4.78 is 0. The largest absolute Gasteiger partial charge is 0.351 e. The van der Waals surface area contributed by atoms with Crippen molar-refractivity contribution in [2.75, 3.05) is 13.1 Å². The maximum atomic E-state index is 12.5. The first-order valence-corrected chi connectivity index (χ1v) is 7.06. The molecule has 1 amide bonds. The molecule has 1 saturated heterocycles. The number of nitrogens with zero attached hydrogens (tertiary/aromatic N) is 1. The predicted molar refractivity (Wildman–Crippen MR) is 75.6 cm³/mol. The van der Waals surface area contributed by atoms with Crippen LogP contribution in [-0.2, 0) is 11.3 Å². The Hall–Kier alpha value is -1.42. The molecule has 1 aromatic rings. The highest BCUT2D eigenvalue weighted by atomic mass is 16.2. The van der Waals surface area contributed by atoms with Gasteiger partial charge in [0.05, 0.1) is 5.41 Å². The molecule has 2 N–H and O–H groups in total. The zero-order valence-corrected chi connectivity index (χ0v) is 11.8. The van der Waals surface area contributed by atoms with Crippen molar-refractivity contribution >= 4 is 5.91 Å². The number of hydrogen-bond acceptors (Lipinski definition) is 3. The Kier molecular flexibility index (Phi) is 4.53. The number of carbonyl (C=O) groups is 1. The van der Waals surface area contributed by atoms with E-state index in [-0.39, 0.29) is 11.3 Å². The maximum absolute atomic E-state index is 12.5. The lowest BCUT2D eigenvalue weighted by molar-refractivity contribution is -0.130. The molecule has 0 bridgehead atoms. The Morgan fingerprint density at radius 1 is 1.58 bits per heavy atom. The van der Waals surface area contributed by atoms with Gasteiger partial charge in [0.2, 0.25) is 5.91 Å². The second kappa shape index (κ2) is 6.15. The number of amides is 1. The predicted octanol–water partition coefficient (Wildman–Crippen LogP) is 1.79. The maximum Gasteiger partial charge on any atom is 0.227 e. The van der Waals surface area contributed by atoms with Crippen LogP contribution in [-0.4, -0.2) is 24.0 Å². The molecule has 1 aliphatic heterocycles. The van der Waals surface area contributed by atoms with E-state index < -0.39 is 0 Å². The van der Waals surface area contributed by atoms with Crippen LogP contribution in [0.3, 0.4) is 0 Å². The molecule has 1 aromatic heterocycles. The van der Waals surface area contributed by atoms with E-state index in [1.807, 2.05) is 19.2 Å². The Bertz CT molecular complexity index is 439. The second-order valence-electron chi connectivity index (χ2n) is 5.44. The Morgan fingerprint density at radius 2 is 2.42 bits per heavy atom. The summed E-state index contributed by atoms with van der Waals surface area (Å²) in [4.78, 5) is 16.5. The molecule has 1 unspecified atom stereocenters. The van der Waals surface area contributed by atoms with Crippen molar-refractivity contribution in [2.45, 2.75) is 39.7 Å². The molecule has 0 aromatic carbocycles. The fraction of sp³-hybridized carbons (Fsp3) is 0.600. The van der Waals surface area contributed by atoms with Crippen LogP contribution in [0.5, 0.6) is 0 Å². The van der Waals surface area contributed by atoms with Gasteiger partial charge in [0.25, 0.3) is 0 Å². The van der Waals surface area contributed by atoms with Gasteiger partial charge >= 0.3 is 0 Å². The highest BCUT2D eigenvalue weighted by molar-refractivity contribution is 5.83. The van der Waals surface area contributed by atoms with E-state index >= 15 is 0 Å². The third kappa shape index (κ3) is 3.13. The van der Waals surface area contributed by atoms with Crippen molar-refractivity contribution in [3.8, 4) is 0 Å². The number of pyridine rings is 1. The number of carbonyl (C=O) groups excluding carboxylic acids is 1. The lowest BCUT2D eigenvalue weighted by Crippen LogP contribution is -2.42. The molecular formula is C15H23N3O. The summed E-state index contributed by atoms with van der Waals surface area (Å²) in [6, 6.07) is 1.97. The van der Waals surface area contributed by atoms with Crippen molar-refractivity contribution in [3.63, 3.8) is 0 Å². The molecule has 1 aliphatic rings. The molecule has 19 heavy (non-hydrogen) atoms. The van der Waals surface area contributed by atoms with Crippen LogP contribution >= 0.6 is 0 Å². The van der Waals surface area contributed by atoms with E-state index in [0.717, 1.165) is 43.5 Å². The van der Waals surface area contributed by atoms with Gasteiger partial charge in [-0.25, -0.2) is 0 Å². The molecular weight excluding hydrogens is 238 g/mol. The number of hydrogen-bond donors (Lipinski definition) is 2. The standard InChI is InChI=1S/C15H23N3O/c1-3-5-15(6-8-17-11-15)14(19)18-10-13-4-7-16-9-12(13)2/h4,7,9,17H,3,5-6,8,10-11H2,1-2H3,(H,18,19). The smallest absolute Gasteiger partial charge is 0.227 e. The van der Waals surface area contributed by atoms with Crippen LogP contribution < -0.4 is 10.6 Å². The summed E-state index contributed by atoms with van der Waals surface area (Å²) >= 11 is 0. The van der Waals surface area contributed by atoms with Crippen LogP contribution in [0, 0.1) is 12.3 Å². The van der Waals surface area contributed by atoms with Gasteiger partial charge in [-0.2, -0.15) is 0 Å². The number of aromatic nitrogens is 1. The van der Waals surface area contributed by atoms with Crippen molar-refractivity contribution in [1.29, 1.82) is 0 Å². The van der Waals surface area contributed by atoms with Crippen molar-refractivity contribution in [1.82, 2.24) is 15.6 Å². The molecule has 2 rings (SSSR count). The molecule has 1 atom stereocenters. The van der Waals surface area contributed by atoms with Crippen molar-refractivity contribution in [3.05, 3.63) is 29.6 Å². The topological polar surface area (TPSA) is 54.0 Å². The second-order valence-corrected chi connectivity index (χ2v) is 5.44. The van der Waals surface area contributed by atoms with E-state index in [9.17, 15) is 4.79 Å². The summed E-state index contributed by atoms with van der Waals surface area (Å²) in [5.41, 5.74) is 2.06. The molecule has 0 spiro atoms. The van der Waals surface area contributed by atoms with Gasteiger partial charge in [0.1, 0.15) is 0 Å². The van der Waals surface area contributed by atoms with E-state index in [4.69, 9.17) is 0 Å². The van der Waals surface area contributed by atoms with Gasteiger partial charge in [-0.05, 0) is 43.5 Å². The third-order valence-electron chi connectivity index (χ3n) is 4.03. The Morgan fingerprint density at radius 3 is 3.05 bits per heavy atom. The number of rotatable bonds is 5. The zero-order chi connectivity index (χ0) is 13.7. The van der Waals surface area contributed by atoms with Crippen molar-refractivity contribution < 1.29 is 4.79 Å². The molecule has 2 heterocycles. The minimum atomic E-state index is -0.199. The first-order chi connectivity index (χ1) is 9.18. The van der Waals surface area contributed by atoms with Gasteiger partial charge in [0.15, 0.2) is 0 Å². The lowest BCUT2D eigenvalue weighted by atomic mass is 9.81. The van der Waals surface area contributed by atoms with E-state index in [1.54, 1.807) is 6.20 Å². The average molecular weight is 261 g/mol. The van der Waals surface area contributed by atoms with Crippen LogP contribution in [0.2, 0.25) is 0 Å². The molecule has 4 nitrogen and oxygen atoms in total. The molecule has 0 radical (unpaired) electrons. The monoisotopic (exact) mass is 261 g/mol. The molecule has 4 heteroatoms. The SMILES string of the molecule is CCCC1(C(=O)NCc2ccncc2C)CCNC1. The van der Waals surface area contributed by atoms with Gasteiger partial charge in [-0.3, -0.25) is 9.78 Å². The summed E-state index contributed by atoms with van der Waals surface area (Å²) in [5, 5.41) is 6.42. The quantitative estimate of drug-likeness (QED) is 0.849. The van der Waals surface area contributed by atoms with Crippen LogP contribution in [0.4, 0.5) is 0 Å². The average Bonchev–Trinajstić information content (AvgIpc) is 2.88. The highest BCUT2D eigenvalue weighted by Gasteiger charge is 2.39. The van der Waals surface area contributed by atoms with Gasteiger partial charge in [-0.15, -0.1) is 0 Å². The van der Waals surface area contributed by atoms with E-state index in [2.05, 4.69) is 22.5 Å². The number of nitrogens with one attached hydrogen (secondary N) is 2. The minimum Gasteiger partial charge on any atom is -0.351 e. The summed E-state index contributed by atoms with van der Waals surface area (Å²) in [5.74, 6) is 0.190. The number of aryl methyl sites for hydroxylation is 1. The highest BCUT2D eigenvalue weighted by Crippen LogP contribution is 2.31. The van der Waals surface area contributed by atoms with Gasteiger partial charge in [-0.1, -0.05) is 13.3 Å². The zero-order valence-electron chi connectivity index (χ0n) is 11.8. The van der Waals surface area contributed by atoms with E-state index in [1.165, 1.54) is 0 Å². The lowest BCUT2D eigenvalue weighted by Gasteiger charge is -2.26.